The first kappa shape index (κ1) is 18.8. The van der Waals surface area contributed by atoms with Gasteiger partial charge in [0.25, 0.3) is 10.0 Å². The number of benzene rings is 1. The summed E-state index contributed by atoms with van der Waals surface area (Å²) in [6, 6.07) is 8.91. The van der Waals surface area contributed by atoms with Crippen LogP contribution >= 0.6 is 11.3 Å². The smallest absolute Gasteiger partial charge is 0.308 e. The van der Waals surface area contributed by atoms with Crippen LogP contribution in [0.3, 0.4) is 0 Å². The molecule has 0 spiro atoms. The Hall–Kier alpha value is -2.98. The number of hydrogen-bond acceptors (Lipinski definition) is 6. The summed E-state index contributed by atoms with van der Waals surface area (Å²) in [5.41, 5.74) is 2.48. The van der Waals surface area contributed by atoms with E-state index in [1.54, 1.807) is 31.4 Å². The van der Waals surface area contributed by atoms with Crippen LogP contribution in [-0.2, 0) is 10.0 Å². The molecule has 0 bridgehead atoms. The number of sulfonamides is 1. The normalized spacial score (nSPS) is 11.0. The minimum Gasteiger partial charge on any atom is -0.308 e. The van der Waals surface area contributed by atoms with Gasteiger partial charge < -0.3 is 10.6 Å². The number of hydrogen-bond donors (Lipinski definition) is 3. The third kappa shape index (κ3) is 5.02. The van der Waals surface area contributed by atoms with Crippen molar-refractivity contribution in [3.63, 3.8) is 0 Å². The van der Waals surface area contributed by atoms with Crippen LogP contribution in [0.1, 0.15) is 11.4 Å². The molecule has 2 heterocycles. The molecular formula is C17H17N5O3S2. The van der Waals surface area contributed by atoms with Crippen molar-refractivity contribution < 1.29 is 13.2 Å². The molecule has 0 unspecified atom stereocenters. The van der Waals surface area contributed by atoms with Gasteiger partial charge in [-0.15, -0.1) is 0 Å². The summed E-state index contributed by atoms with van der Waals surface area (Å²) < 4.78 is 27.3. The quantitative estimate of drug-likeness (QED) is 0.602. The molecule has 0 aliphatic carbocycles. The molecule has 1 aromatic carbocycles. The zero-order chi connectivity index (χ0) is 19.4. The van der Waals surface area contributed by atoms with Gasteiger partial charge in [-0.3, -0.25) is 0 Å². The molecule has 3 N–H and O–H groups in total. The minimum absolute atomic E-state index is 0.0184. The Kier molecular flexibility index (Phi) is 5.38. The maximum Gasteiger partial charge on any atom is 0.323 e. The number of carbonyl (C=O) groups is 1. The highest BCUT2D eigenvalue weighted by molar-refractivity contribution is 7.92. The molecule has 140 valence electrons. The van der Waals surface area contributed by atoms with E-state index in [1.165, 1.54) is 35.6 Å². The van der Waals surface area contributed by atoms with Gasteiger partial charge in [-0.05, 0) is 55.6 Å². The maximum absolute atomic E-state index is 12.5. The monoisotopic (exact) mass is 403 g/mol. The van der Waals surface area contributed by atoms with Crippen molar-refractivity contribution in [2.45, 2.75) is 18.7 Å². The van der Waals surface area contributed by atoms with E-state index in [1.807, 2.05) is 5.38 Å². The van der Waals surface area contributed by atoms with Gasteiger partial charge in [-0.25, -0.2) is 27.9 Å². The van der Waals surface area contributed by atoms with Crippen LogP contribution in [0.15, 0.2) is 52.1 Å². The van der Waals surface area contributed by atoms with Crippen LogP contribution in [0, 0.1) is 13.8 Å². The lowest BCUT2D eigenvalue weighted by atomic mass is 10.3. The molecule has 3 rings (SSSR count). The van der Waals surface area contributed by atoms with Gasteiger partial charge in [-0.1, -0.05) is 0 Å². The molecule has 0 aliphatic heterocycles. The SMILES string of the molecule is Cc1cc(C)nc(NS(=O)(=O)c2ccc(NC(=O)Nc3ccsc3)cc2)n1. The Labute approximate surface area is 160 Å². The molecule has 27 heavy (non-hydrogen) atoms. The lowest BCUT2D eigenvalue weighted by Gasteiger charge is -2.09. The molecule has 3 aromatic rings. The Morgan fingerprint density at radius 2 is 1.59 bits per heavy atom. The Balaban J connectivity index is 1.69. The highest BCUT2D eigenvalue weighted by Gasteiger charge is 2.16. The van der Waals surface area contributed by atoms with Crippen LogP contribution in [0.25, 0.3) is 0 Å². The maximum atomic E-state index is 12.5. The summed E-state index contributed by atoms with van der Waals surface area (Å²) in [7, 11) is -3.84. The summed E-state index contributed by atoms with van der Waals surface area (Å²) in [5.74, 6) is 0.0184. The molecule has 0 fully saturated rings. The van der Waals surface area contributed by atoms with Crippen molar-refractivity contribution in [3.05, 3.63) is 58.5 Å². The van der Waals surface area contributed by atoms with Crippen LogP contribution < -0.4 is 15.4 Å². The second-order valence-electron chi connectivity index (χ2n) is 5.70. The third-order valence-corrected chi connectivity index (χ3v) is 5.44. The highest BCUT2D eigenvalue weighted by Crippen LogP contribution is 2.18. The fraction of sp³-hybridized carbons (Fsp3) is 0.118. The number of aryl methyl sites for hydroxylation is 2. The Morgan fingerprint density at radius 3 is 2.19 bits per heavy atom. The standard InChI is InChI=1S/C17H17N5O3S2/c1-11-9-12(2)19-16(18-11)22-27(24,25)15-5-3-13(4-6-15)20-17(23)21-14-7-8-26-10-14/h3-10H,1-2H3,(H,18,19,22)(H2,20,21,23). The van der Waals surface area contributed by atoms with E-state index in [9.17, 15) is 13.2 Å². The first-order valence-electron chi connectivity index (χ1n) is 7.87. The predicted octanol–water partition coefficient (Wildman–Crippen LogP) is 3.60. The summed E-state index contributed by atoms with van der Waals surface area (Å²) in [6.07, 6.45) is 0. The zero-order valence-electron chi connectivity index (χ0n) is 14.6. The van der Waals surface area contributed by atoms with E-state index in [2.05, 4.69) is 25.3 Å². The number of nitrogens with one attached hydrogen (secondary N) is 3. The zero-order valence-corrected chi connectivity index (χ0v) is 16.2. The van der Waals surface area contributed by atoms with Gasteiger partial charge in [-0.2, -0.15) is 11.3 Å². The topological polar surface area (TPSA) is 113 Å². The van der Waals surface area contributed by atoms with Crippen molar-refractivity contribution in [2.24, 2.45) is 0 Å². The van der Waals surface area contributed by atoms with Crippen LogP contribution in [0.5, 0.6) is 0 Å². The third-order valence-electron chi connectivity index (χ3n) is 3.41. The minimum atomic E-state index is -3.84. The number of urea groups is 1. The molecule has 0 saturated carbocycles. The number of thiophene rings is 1. The van der Waals surface area contributed by atoms with Crippen LogP contribution in [-0.4, -0.2) is 24.4 Å². The van der Waals surface area contributed by atoms with E-state index in [0.29, 0.717) is 22.8 Å². The van der Waals surface area contributed by atoms with Crippen molar-refractivity contribution in [1.29, 1.82) is 0 Å². The second kappa shape index (κ2) is 7.72. The van der Waals surface area contributed by atoms with Gasteiger partial charge >= 0.3 is 6.03 Å². The molecule has 2 amide bonds. The molecule has 0 atom stereocenters. The number of carbonyl (C=O) groups excluding carboxylic acids is 1. The van der Waals surface area contributed by atoms with Gasteiger partial charge in [0.2, 0.25) is 5.95 Å². The molecule has 2 aromatic heterocycles. The second-order valence-corrected chi connectivity index (χ2v) is 8.16. The van der Waals surface area contributed by atoms with Crippen molar-refractivity contribution in [1.82, 2.24) is 9.97 Å². The summed E-state index contributed by atoms with van der Waals surface area (Å²) >= 11 is 1.47. The number of nitrogens with zero attached hydrogens (tertiary/aromatic N) is 2. The number of anilines is 3. The summed E-state index contributed by atoms with van der Waals surface area (Å²) in [5, 5.41) is 8.96. The Bertz CT molecular complexity index is 1030. The number of rotatable bonds is 5. The average Bonchev–Trinajstić information content (AvgIpc) is 3.06. The highest BCUT2D eigenvalue weighted by atomic mass is 32.2. The van der Waals surface area contributed by atoms with Gasteiger partial charge in [0.15, 0.2) is 0 Å². The first-order chi connectivity index (χ1) is 12.8. The number of aromatic nitrogens is 2. The number of amides is 2. The molecular weight excluding hydrogens is 386 g/mol. The molecule has 0 aliphatic rings. The van der Waals surface area contributed by atoms with Crippen LogP contribution in [0.2, 0.25) is 0 Å². The molecule has 0 saturated heterocycles. The fourth-order valence-electron chi connectivity index (χ4n) is 2.30. The van der Waals surface area contributed by atoms with E-state index in [0.717, 1.165) is 0 Å². The largest absolute Gasteiger partial charge is 0.323 e. The van der Waals surface area contributed by atoms with Crippen molar-refractivity contribution in [2.75, 3.05) is 15.4 Å². The van der Waals surface area contributed by atoms with E-state index in [4.69, 9.17) is 0 Å². The lowest BCUT2D eigenvalue weighted by molar-refractivity contribution is 0.262. The van der Waals surface area contributed by atoms with Crippen molar-refractivity contribution in [3.8, 4) is 0 Å². The molecule has 10 heteroatoms. The van der Waals surface area contributed by atoms with E-state index < -0.39 is 16.1 Å². The van der Waals surface area contributed by atoms with Gasteiger partial charge in [0.1, 0.15) is 0 Å². The Morgan fingerprint density at radius 1 is 0.963 bits per heavy atom. The predicted molar refractivity (Wildman–Crippen MR) is 106 cm³/mol. The van der Waals surface area contributed by atoms with Crippen LogP contribution in [0.4, 0.5) is 22.1 Å². The molecule has 8 nitrogen and oxygen atoms in total. The summed E-state index contributed by atoms with van der Waals surface area (Å²) in [4.78, 5) is 20.1. The van der Waals surface area contributed by atoms with E-state index >= 15 is 0 Å². The van der Waals surface area contributed by atoms with Gasteiger partial charge in [0.05, 0.1) is 10.6 Å². The lowest BCUT2D eigenvalue weighted by Crippen LogP contribution is -2.19. The van der Waals surface area contributed by atoms with Crippen molar-refractivity contribution >= 4 is 44.7 Å². The molecule has 0 radical (unpaired) electrons. The van der Waals surface area contributed by atoms with E-state index in [-0.39, 0.29) is 10.8 Å². The first-order valence-corrected chi connectivity index (χ1v) is 10.3. The summed E-state index contributed by atoms with van der Waals surface area (Å²) in [6.45, 7) is 3.52. The average molecular weight is 403 g/mol. The van der Waals surface area contributed by atoms with Gasteiger partial charge in [0, 0.05) is 22.5 Å². The fourth-order valence-corrected chi connectivity index (χ4v) is 3.83.